The molecule has 0 fully saturated rings. The molecule has 0 spiro atoms. The maximum atomic E-state index is 10.7. The summed E-state index contributed by atoms with van der Waals surface area (Å²) in [5.41, 5.74) is 9.60. The first kappa shape index (κ1) is 19.6. The van der Waals surface area contributed by atoms with Crippen LogP contribution in [-0.2, 0) is 12.8 Å². The first-order valence-electron chi connectivity index (χ1n) is 10.2. The van der Waals surface area contributed by atoms with Gasteiger partial charge in [-0.15, -0.1) is 0 Å². The Labute approximate surface area is 184 Å². The van der Waals surface area contributed by atoms with Crippen molar-refractivity contribution in [2.75, 3.05) is 0 Å². The molecule has 0 bridgehead atoms. The highest BCUT2D eigenvalue weighted by molar-refractivity contribution is 5.78. The van der Waals surface area contributed by atoms with Crippen LogP contribution in [0.3, 0.4) is 0 Å². The van der Waals surface area contributed by atoms with E-state index in [9.17, 15) is 20.2 Å². The van der Waals surface area contributed by atoms with E-state index in [2.05, 4.69) is 24.3 Å². The Morgan fingerprint density at radius 3 is 1.28 bits per heavy atom. The van der Waals surface area contributed by atoms with Crippen molar-refractivity contribution < 1.29 is 9.85 Å². The van der Waals surface area contributed by atoms with Crippen LogP contribution in [0.1, 0.15) is 22.3 Å². The van der Waals surface area contributed by atoms with Crippen molar-refractivity contribution in [2.24, 2.45) is 0 Å². The Morgan fingerprint density at radius 2 is 0.875 bits per heavy atom. The predicted octanol–water partition coefficient (Wildman–Crippen LogP) is 6.33. The van der Waals surface area contributed by atoms with Crippen molar-refractivity contribution in [2.45, 2.75) is 12.8 Å². The predicted molar refractivity (Wildman–Crippen MR) is 123 cm³/mol. The van der Waals surface area contributed by atoms with Crippen molar-refractivity contribution in [1.29, 1.82) is 0 Å². The summed E-state index contributed by atoms with van der Waals surface area (Å²) in [6.07, 6.45) is 1.60. The number of fused-ring (bicyclic) bond motifs is 6. The standard InChI is InChI=1S/2C13H9NO2/c2*15-14(16)11-5-6-13-10(8-11)7-9-3-1-2-4-12(9)13/h2*1-6,8H,7H2. The molecule has 0 saturated carbocycles. The summed E-state index contributed by atoms with van der Waals surface area (Å²) in [4.78, 5) is 20.7. The topological polar surface area (TPSA) is 86.3 Å². The third-order valence-electron chi connectivity index (χ3n) is 5.98. The van der Waals surface area contributed by atoms with Gasteiger partial charge in [0.1, 0.15) is 0 Å². The molecule has 0 saturated heterocycles. The van der Waals surface area contributed by atoms with Gasteiger partial charge in [-0.2, -0.15) is 0 Å². The lowest BCUT2D eigenvalue weighted by molar-refractivity contribution is -0.385. The lowest BCUT2D eigenvalue weighted by Crippen LogP contribution is -1.89. The molecule has 0 N–H and O–H groups in total. The molecule has 2 aliphatic rings. The van der Waals surface area contributed by atoms with Crippen LogP contribution in [0.15, 0.2) is 84.9 Å². The van der Waals surface area contributed by atoms with Crippen LogP contribution in [0.5, 0.6) is 0 Å². The van der Waals surface area contributed by atoms with E-state index in [1.807, 2.05) is 36.4 Å². The fraction of sp³-hybridized carbons (Fsp3) is 0.0769. The van der Waals surface area contributed by atoms with Gasteiger partial charge in [0.05, 0.1) is 9.85 Å². The summed E-state index contributed by atoms with van der Waals surface area (Å²) < 4.78 is 0. The number of benzene rings is 4. The summed E-state index contributed by atoms with van der Waals surface area (Å²) >= 11 is 0. The molecule has 156 valence electrons. The van der Waals surface area contributed by atoms with E-state index >= 15 is 0 Å². The zero-order valence-electron chi connectivity index (χ0n) is 17.0. The second kappa shape index (κ2) is 7.74. The molecule has 0 atom stereocenters. The zero-order valence-corrected chi connectivity index (χ0v) is 17.0. The maximum absolute atomic E-state index is 10.7. The van der Waals surface area contributed by atoms with Gasteiger partial charge in [0.2, 0.25) is 0 Å². The third kappa shape index (κ3) is 3.41. The lowest BCUT2D eigenvalue weighted by atomic mass is 10.1. The van der Waals surface area contributed by atoms with Crippen molar-refractivity contribution in [3.05, 3.63) is 127 Å². The largest absolute Gasteiger partial charge is 0.269 e. The van der Waals surface area contributed by atoms with E-state index in [-0.39, 0.29) is 21.2 Å². The minimum absolute atomic E-state index is 0.173. The average Bonchev–Trinajstić information content (AvgIpc) is 3.36. The molecule has 6 rings (SSSR count). The number of rotatable bonds is 2. The van der Waals surface area contributed by atoms with Gasteiger partial charge >= 0.3 is 0 Å². The molecular weight excluding hydrogens is 404 g/mol. The van der Waals surface area contributed by atoms with Crippen molar-refractivity contribution in [1.82, 2.24) is 0 Å². The van der Waals surface area contributed by atoms with Gasteiger partial charge in [-0.1, -0.05) is 48.5 Å². The van der Waals surface area contributed by atoms with Gasteiger partial charge in [-0.25, -0.2) is 0 Å². The smallest absolute Gasteiger partial charge is 0.258 e. The van der Waals surface area contributed by atoms with Crippen LogP contribution in [0.25, 0.3) is 22.3 Å². The fourth-order valence-electron chi connectivity index (χ4n) is 4.49. The maximum Gasteiger partial charge on any atom is 0.269 e. The number of non-ortho nitro benzene ring substituents is 2. The van der Waals surface area contributed by atoms with Crippen LogP contribution < -0.4 is 0 Å². The summed E-state index contributed by atoms with van der Waals surface area (Å²) in [5, 5.41) is 21.4. The van der Waals surface area contributed by atoms with Crippen LogP contribution >= 0.6 is 0 Å². The van der Waals surface area contributed by atoms with Crippen molar-refractivity contribution >= 4 is 11.4 Å². The van der Waals surface area contributed by atoms with Crippen LogP contribution in [0, 0.1) is 20.2 Å². The number of nitrogens with zero attached hydrogens (tertiary/aromatic N) is 2. The lowest BCUT2D eigenvalue weighted by Gasteiger charge is -1.99. The summed E-state index contributed by atoms with van der Waals surface area (Å²) in [5.74, 6) is 0. The summed E-state index contributed by atoms with van der Waals surface area (Å²) in [7, 11) is 0. The SMILES string of the molecule is O=[N+]([O-])c1ccc2c(c1)Cc1ccccc1-2.O=[N+]([O-])c1ccc2c(c1)Cc1ccccc1-2. The van der Waals surface area contributed by atoms with E-state index in [4.69, 9.17) is 0 Å². The van der Waals surface area contributed by atoms with E-state index in [0.717, 1.165) is 35.1 Å². The molecule has 4 aromatic carbocycles. The normalized spacial score (nSPS) is 12.0. The van der Waals surface area contributed by atoms with Gasteiger partial charge in [0.15, 0.2) is 0 Å². The second-order valence-electron chi connectivity index (χ2n) is 7.86. The average molecular weight is 422 g/mol. The molecule has 0 aliphatic heterocycles. The minimum Gasteiger partial charge on any atom is -0.258 e. The van der Waals surface area contributed by atoms with Crippen molar-refractivity contribution in [3.63, 3.8) is 0 Å². The molecule has 0 heterocycles. The number of hydrogen-bond acceptors (Lipinski definition) is 4. The van der Waals surface area contributed by atoms with Crippen molar-refractivity contribution in [3.8, 4) is 22.3 Å². The Hall–Kier alpha value is -4.32. The highest BCUT2D eigenvalue weighted by Crippen LogP contribution is 2.38. The molecular formula is C26H18N2O4. The molecule has 0 radical (unpaired) electrons. The van der Waals surface area contributed by atoms with Gasteiger partial charge < -0.3 is 0 Å². The Morgan fingerprint density at radius 1 is 0.500 bits per heavy atom. The molecule has 0 unspecified atom stereocenters. The molecule has 0 aromatic heterocycles. The Balaban J connectivity index is 0.000000135. The summed E-state index contributed by atoms with van der Waals surface area (Å²) in [6, 6.07) is 26.4. The van der Waals surface area contributed by atoms with E-state index in [1.54, 1.807) is 24.3 Å². The van der Waals surface area contributed by atoms with Gasteiger partial charge in [-0.05, 0) is 69.5 Å². The number of nitro benzene ring substituents is 2. The third-order valence-corrected chi connectivity index (χ3v) is 5.98. The van der Waals surface area contributed by atoms with Gasteiger partial charge in [0, 0.05) is 24.3 Å². The molecule has 32 heavy (non-hydrogen) atoms. The van der Waals surface area contributed by atoms with Gasteiger partial charge in [-0.3, -0.25) is 20.2 Å². The first-order chi connectivity index (χ1) is 15.5. The van der Waals surface area contributed by atoms with E-state index in [0.29, 0.717) is 0 Å². The number of nitro groups is 2. The Kier molecular flexibility index (Phi) is 4.75. The minimum atomic E-state index is -0.344. The first-order valence-corrected chi connectivity index (χ1v) is 10.2. The highest BCUT2D eigenvalue weighted by Gasteiger charge is 2.21. The molecule has 6 heteroatoms. The highest BCUT2D eigenvalue weighted by atomic mass is 16.6. The van der Waals surface area contributed by atoms with Gasteiger partial charge in [0.25, 0.3) is 11.4 Å². The molecule has 4 aromatic rings. The second-order valence-corrected chi connectivity index (χ2v) is 7.86. The molecule has 2 aliphatic carbocycles. The van der Waals surface area contributed by atoms with Crippen LogP contribution in [0.2, 0.25) is 0 Å². The monoisotopic (exact) mass is 422 g/mol. The Bertz CT molecular complexity index is 1290. The quantitative estimate of drug-likeness (QED) is 0.241. The van der Waals surface area contributed by atoms with Crippen LogP contribution in [0.4, 0.5) is 11.4 Å². The summed E-state index contributed by atoms with van der Waals surface area (Å²) in [6.45, 7) is 0. The zero-order chi connectivity index (χ0) is 22.2. The van der Waals surface area contributed by atoms with Crippen LogP contribution in [-0.4, -0.2) is 9.85 Å². The molecule has 6 nitrogen and oxygen atoms in total. The molecule has 0 amide bonds. The van der Waals surface area contributed by atoms with E-state index in [1.165, 1.54) is 22.3 Å². The van der Waals surface area contributed by atoms with E-state index < -0.39 is 0 Å². The fourth-order valence-corrected chi connectivity index (χ4v) is 4.49. The number of hydrogen-bond donors (Lipinski definition) is 0.